The zero-order valence-corrected chi connectivity index (χ0v) is 16.9. The van der Waals surface area contributed by atoms with E-state index in [1.54, 1.807) is 0 Å². The Hall–Kier alpha value is -2.53. The number of hydrogen-bond acceptors (Lipinski definition) is 3. The number of aromatic nitrogens is 2. The maximum atomic E-state index is 13.1. The second-order valence-corrected chi connectivity index (χ2v) is 8.53. The van der Waals surface area contributed by atoms with Gasteiger partial charge in [0.05, 0.1) is 12.1 Å². The molecule has 0 bridgehead atoms. The van der Waals surface area contributed by atoms with E-state index < -0.39 is 0 Å². The van der Waals surface area contributed by atoms with Crippen LogP contribution in [0.1, 0.15) is 34.3 Å². The van der Waals surface area contributed by atoms with Gasteiger partial charge in [-0.25, -0.2) is 0 Å². The van der Waals surface area contributed by atoms with Gasteiger partial charge in [0.2, 0.25) is 0 Å². The third-order valence-corrected chi connectivity index (χ3v) is 6.12. The van der Waals surface area contributed by atoms with Gasteiger partial charge in [-0.3, -0.25) is 9.48 Å². The maximum Gasteiger partial charge on any atom is 0.255 e. The van der Waals surface area contributed by atoms with E-state index in [0.717, 1.165) is 41.2 Å². The van der Waals surface area contributed by atoms with Gasteiger partial charge in [-0.1, -0.05) is 60.2 Å². The smallest absolute Gasteiger partial charge is 0.255 e. The van der Waals surface area contributed by atoms with E-state index in [1.807, 2.05) is 53.0 Å². The molecule has 1 aliphatic rings. The van der Waals surface area contributed by atoms with Crippen LogP contribution in [0.5, 0.6) is 0 Å². The second-order valence-electron chi connectivity index (χ2n) is 7.30. The molecule has 1 aromatic heterocycles. The average molecular weight is 392 g/mol. The van der Waals surface area contributed by atoms with Crippen molar-refractivity contribution < 1.29 is 4.79 Å². The molecule has 1 aliphatic heterocycles. The quantitative estimate of drug-likeness (QED) is 0.695. The highest BCUT2D eigenvalue weighted by molar-refractivity contribution is 7.99. The summed E-state index contributed by atoms with van der Waals surface area (Å²) in [4.78, 5) is 13.1. The number of carbonyl (C=O) groups excluding carboxylic acids is 1. The van der Waals surface area contributed by atoms with E-state index in [9.17, 15) is 4.79 Å². The van der Waals surface area contributed by atoms with Crippen molar-refractivity contribution in [2.45, 2.75) is 32.4 Å². The summed E-state index contributed by atoms with van der Waals surface area (Å²) < 4.78 is 1.87. The van der Waals surface area contributed by atoms with Crippen LogP contribution in [-0.4, -0.2) is 33.2 Å². The van der Waals surface area contributed by atoms with Crippen LogP contribution in [0, 0.1) is 6.92 Å². The summed E-state index contributed by atoms with van der Waals surface area (Å²) in [5.74, 6) is 2.21. The number of carbonyl (C=O) groups is 1. The highest BCUT2D eigenvalue weighted by atomic mass is 32.2. The van der Waals surface area contributed by atoms with Crippen LogP contribution in [0.25, 0.3) is 11.3 Å². The van der Waals surface area contributed by atoms with Crippen molar-refractivity contribution in [3.05, 3.63) is 77.5 Å². The monoisotopic (exact) mass is 391 g/mol. The van der Waals surface area contributed by atoms with Gasteiger partial charge in [0.1, 0.15) is 5.69 Å². The van der Waals surface area contributed by atoms with E-state index in [2.05, 4.69) is 36.5 Å². The first-order chi connectivity index (χ1) is 13.7. The van der Waals surface area contributed by atoms with Crippen LogP contribution in [0.2, 0.25) is 0 Å². The average Bonchev–Trinajstić information content (AvgIpc) is 3.14. The summed E-state index contributed by atoms with van der Waals surface area (Å²) in [5, 5.41) is 8.00. The second kappa shape index (κ2) is 8.65. The number of amides is 1. The first-order valence-corrected chi connectivity index (χ1v) is 10.9. The molecule has 1 fully saturated rings. The van der Waals surface area contributed by atoms with Crippen LogP contribution < -0.4 is 5.32 Å². The first kappa shape index (κ1) is 18.8. The van der Waals surface area contributed by atoms with Gasteiger partial charge in [-0.15, -0.1) is 0 Å². The molecular weight excluding hydrogens is 366 g/mol. The van der Waals surface area contributed by atoms with Gasteiger partial charge in [0.25, 0.3) is 5.91 Å². The topological polar surface area (TPSA) is 46.9 Å². The van der Waals surface area contributed by atoms with Crippen LogP contribution in [0.4, 0.5) is 0 Å². The lowest BCUT2D eigenvalue weighted by atomic mass is 10.1. The molecule has 28 heavy (non-hydrogen) atoms. The molecule has 144 valence electrons. The fourth-order valence-corrected chi connectivity index (χ4v) is 4.58. The molecule has 4 rings (SSSR count). The molecule has 0 atom stereocenters. The Kier molecular flexibility index (Phi) is 5.81. The Balaban J connectivity index is 1.63. The van der Waals surface area contributed by atoms with E-state index in [1.165, 1.54) is 5.56 Å². The molecule has 1 saturated heterocycles. The number of benzene rings is 2. The normalized spacial score (nSPS) is 14.8. The number of hydrogen-bond donors (Lipinski definition) is 1. The Bertz CT molecular complexity index is 928. The van der Waals surface area contributed by atoms with Gasteiger partial charge in [-0.05, 0) is 36.8 Å². The summed E-state index contributed by atoms with van der Waals surface area (Å²) in [6.07, 6.45) is 3.96. The summed E-state index contributed by atoms with van der Waals surface area (Å²) in [7, 11) is 0. The van der Waals surface area contributed by atoms with Gasteiger partial charge in [0.15, 0.2) is 0 Å². The summed E-state index contributed by atoms with van der Waals surface area (Å²) in [6.45, 7) is 2.71. The molecule has 5 heteroatoms. The van der Waals surface area contributed by atoms with Gasteiger partial charge >= 0.3 is 0 Å². The molecule has 1 amide bonds. The molecule has 2 aromatic carbocycles. The minimum Gasteiger partial charge on any atom is -0.349 e. The highest BCUT2D eigenvalue weighted by Crippen LogP contribution is 2.24. The third-order valence-electron chi connectivity index (χ3n) is 5.08. The van der Waals surface area contributed by atoms with Crippen molar-refractivity contribution in [3.63, 3.8) is 0 Å². The summed E-state index contributed by atoms with van der Waals surface area (Å²) >= 11 is 1.96. The predicted octanol–water partition coefficient (Wildman–Crippen LogP) is 4.53. The maximum absolute atomic E-state index is 13.1. The van der Waals surface area contributed by atoms with Crippen LogP contribution in [-0.2, 0) is 6.54 Å². The molecule has 4 nitrogen and oxygen atoms in total. The van der Waals surface area contributed by atoms with Crippen molar-refractivity contribution >= 4 is 17.7 Å². The van der Waals surface area contributed by atoms with Crippen LogP contribution >= 0.6 is 11.8 Å². The number of nitrogens with zero attached hydrogens (tertiary/aromatic N) is 2. The Morgan fingerprint density at radius 3 is 2.54 bits per heavy atom. The molecular formula is C23H25N3OS. The highest BCUT2D eigenvalue weighted by Gasteiger charge is 2.22. The van der Waals surface area contributed by atoms with Crippen molar-refractivity contribution in [1.29, 1.82) is 0 Å². The molecule has 1 N–H and O–H groups in total. The third kappa shape index (κ3) is 4.47. The van der Waals surface area contributed by atoms with Crippen molar-refractivity contribution in [2.24, 2.45) is 0 Å². The standard InChI is InChI=1S/C23H25N3OS/c1-17-7-9-19(10-8-17)22-21(23(27)24-20-11-13-28-14-12-20)16-26(25-22)15-18-5-3-2-4-6-18/h2-10,16,20H,11-15H2,1H3,(H,24,27). The predicted molar refractivity (Wildman–Crippen MR) is 116 cm³/mol. The lowest BCUT2D eigenvalue weighted by molar-refractivity contribution is 0.0935. The fraction of sp³-hybridized carbons (Fsp3) is 0.304. The number of nitrogens with one attached hydrogen (secondary N) is 1. The van der Waals surface area contributed by atoms with Crippen molar-refractivity contribution in [1.82, 2.24) is 15.1 Å². The van der Waals surface area contributed by atoms with Crippen LogP contribution in [0.3, 0.4) is 0 Å². The minimum atomic E-state index is -0.0215. The lowest BCUT2D eigenvalue weighted by Crippen LogP contribution is -2.37. The Morgan fingerprint density at radius 2 is 1.82 bits per heavy atom. The minimum absolute atomic E-state index is 0.0215. The van der Waals surface area contributed by atoms with E-state index in [-0.39, 0.29) is 11.9 Å². The molecule has 0 aliphatic carbocycles. The lowest BCUT2D eigenvalue weighted by Gasteiger charge is -2.22. The molecule has 0 unspecified atom stereocenters. The van der Waals surface area contributed by atoms with Crippen molar-refractivity contribution in [2.75, 3.05) is 11.5 Å². The molecule has 3 aromatic rings. The zero-order chi connectivity index (χ0) is 19.3. The number of thioether (sulfide) groups is 1. The number of aryl methyl sites for hydroxylation is 1. The number of rotatable bonds is 5. The van der Waals surface area contributed by atoms with Crippen molar-refractivity contribution in [3.8, 4) is 11.3 Å². The SMILES string of the molecule is Cc1ccc(-c2nn(Cc3ccccc3)cc2C(=O)NC2CCSCC2)cc1. The molecule has 2 heterocycles. The Morgan fingerprint density at radius 1 is 1.11 bits per heavy atom. The Labute approximate surface area is 170 Å². The summed E-state index contributed by atoms with van der Waals surface area (Å²) in [5.41, 5.74) is 4.73. The van der Waals surface area contributed by atoms with Gasteiger partial charge in [0, 0.05) is 17.8 Å². The molecule has 0 saturated carbocycles. The van der Waals surface area contributed by atoms with E-state index in [4.69, 9.17) is 5.10 Å². The molecule has 0 spiro atoms. The van der Waals surface area contributed by atoms with Gasteiger partial charge < -0.3 is 5.32 Å². The summed E-state index contributed by atoms with van der Waals surface area (Å²) in [6, 6.07) is 18.7. The molecule has 0 radical (unpaired) electrons. The van der Waals surface area contributed by atoms with E-state index >= 15 is 0 Å². The fourth-order valence-electron chi connectivity index (χ4n) is 3.47. The van der Waals surface area contributed by atoms with Crippen LogP contribution in [0.15, 0.2) is 60.8 Å². The largest absolute Gasteiger partial charge is 0.349 e. The first-order valence-electron chi connectivity index (χ1n) is 9.76. The van der Waals surface area contributed by atoms with E-state index in [0.29, 0.717) is 12.1 Å². The zero-order valence-electron chi connectivity index (χ0n) is 16.1. The van der Waals surface area contributed by atoms with Gasteiger partial charge in [-0.2, -0.15) is 16.9 Å².